The van der Waals surface area contributed by atoms with E-state index >= 15 is 0 Å². The summed E-state index contributed by atoms with van der Waals surface area (Å²) in [7, 11) is -4.26. The van der Waals surface area contributed by atoms with Gasteiger partial charge in [-0.3, -0.25) is 9.52 Å². The molecule has 170 valence electrons. The molecule has 2 heterocycles. The van der Waals surface area contributed by atoms with E-state index in [1.165, 1.54) is 4.90 Å². The van der Waals surface area contributed by atoms with Crippen LogP contribution in [-0.4, -0.2) is 51.9 Å². The first kappa shape index (κ1) is 22.0. The lowest BCUT2D eigenvalue weighted by Crippen LogP contribution is -2.40. The average Bonchev–Trinajstić information content (AvgIpc) is 3.11. The molecular formula is C20H17F3N2O6S. The summed E-state index contributed by atoms with van der Waals surface area (Å²) in [5, 5.41) is 0.365. The molecule has 1 aliphatic heterocycles. The number of para-hydroxylation sites is 1. The van der Waals surface area contributed by atoms with Gasteiger partial charge >= 0.3 is 6.36 Å². The smallest absolute Gasteiger partial charge is 0.449 e. The zero-order valence-electron chi connectivity index (χ0n) is 16.4. The molecule has 2 aromatic carbocycles. The van der Waals surface area contributed by atoms with E-state index in [0.717, 1.165) is 24.3 Å². The number of ether oxygens (including phenoxy) is 2. The van der Waals surface area contributed by atoms with Crippen LogP contribution in [0.25, 0.3) is 11.0 Å². The Bertz CT molecular complexity index is 1230. The Hall–Kier alpha value is -3.25. The first-order valence-electron chi connectivity index (χ1n) is 9.41. The number of hydrogen-bond acceptors (Lipinski definition) is 6. The zero-order valence-corrected chi connectivity index (χ0v) is 17.2. The van der Waals surface area contributed by atoms with Crippen molar-refractivity contribution in [2.75, 3.05) is 31.0 Å². The van der Waals surface area contributed by atoms with Crippen LogP contribution in [0.5, 0.6) is 5.75 Å². The quantitative estimate of drug-likeness (QED) is 0.612. The van der Waals surface area contributed by atoms with Crippen molar-refractivity contribution < 1.29 is 40.3 Å². The highest BCUT2D eigenvalue weighted by atomic mass is 32.2. The van der Waals surface area contributed by atoms with Crippen LogP contribution in [0.15, 0.2) is 57.8 Å². The molecular weight excluding hydrogens is 453 g/mol. The van der Waals surface area contributed by atoms with Gasteiger partial charge in [0.15, 0.2) is 0 Å². The molecule has 0 saturated carbocycles. The molecule has 0 atom stereocenters. The van der Waals surface area contributed by atoms with E-state index in [9.17, 15) is 26.4 Å². The summed E-state index contributed by atoms with van der Waals surface area (Å²) < 4.78 is 79.9. The number of hydrogen-bond donors (Lipinski definition) is 1. The molecule has 1 aliphatic rings. The summed E-state index contributed by atoms with van der Waals surface area (Å²) >= 11 is 0. The Balaban J connectivity index is 1.67. The second-order valence-electron chi connectivity index (χ2n) is 6.83. The van der Waals surface area contributed by atoms with Crippen LogP contribution in [0.1, 0.15) is 10.6 Å². The minimum absolute atomic E-state index is 0.0484. The number of halogens is 3. The summed E-state index contributed by atoms with van der Waals surface area (Å²) in [6.07, 6.45) is -4.90. The summed E-state index contributed by atoms with van der Waals surface area (Å²) in [5.74, 6) is -1.25. The first-order valence-corrected chi connectivity index (χ1v) is 10.9. The Kier molecular flexibility index (Phi) is 5.73. The Morgan fingerprint density at radius 3 is 2.34 bits per heavy atom. The second kappa shape index (κ2) is 8.36. The van der Waals surface area contributed by atoms with Gasteiger partial charge in [0.2, 0.25) is 5.76 Å². The number of amides is 1. The highest BCUT2D eigenvalue weighted by molar-refractivity contribution is 7.92. The number of sulfonamides is 1. The van der Waals surface area contributed by atoms with Crippen molar-refractivity contribution in [1.29, 1.82) is 0 Å². The van der Waals surface area contributed by atoms with Gasteiger partial charge in [0.05, 0.1) is 18.1 Å². The lowest BCUT2D eigenvalue weighted by molar-refractivity contribution is -0.274. The number of morpholine rings is 1. The van der Waals surface area contributed by atoms with Gasteiger partial charge in [0.1, 0.15) is 17.0 Å². The van der Waals surface area contributed by atoms with Crippen molar-refractivity contribution in [3.05, 3.63) is 54.3 Å². The van der Waals surface area contributed by atoms with E-state index in [0.29, 0.717) is 37.3 Å². The maximum absolute atomic E-state index is 13.0. The van der Waals surface area contributed by atoms with E-state index in [1.54, 1.807) is 24.3 Å². The van der Waals surface area contributed by atoms with Crippen molar-refractivity contribution in [2.24, 2.45) is 0 Å². The van der Waals surface area contributed by atoms with Gasteiger partial charge in [-0.05, 0) is 36.4 Å². The number of alkyl halides is 3. The number of carbonyl (C=O) groups excluding carboxylic acids is 1. The summed E-state index contributed by atoms with van der Waals surface area (Å²) in [4.78, 5) is 14.2. The van der Waals surface area contributed by atoms with Crippen LogP contribution < -0.4 is 9.46 Å². The molecule has 12 heteroatoms. The largest absolute Gasteiger partial charge is 0.573 e. The molecule has 1 saturated heterocycles. The van der Waals surface area contributed by atoms with E-state index in [1.807, 2.05) is 0 Å². The maximum Gasteiger partial charge on any atom is 0.573 e. The van der Waals surface area contributed by atoms with Gasteiger partial charge in [-0.15, -0.1) is 13.2 Å². The van der Waals surface area contributed by atoms with Crippen molar-refractivity contribution in [2.45, 2.75) is 11.3 Å². The van der Waals surface area contributed by atoms with Crippen molar-refractivity contribution >= 4 is 32.6 Å². The number of fused-ring (bicyclic) bond motifs is 1. The Morgan fingerprint density at radius 1 is 1.03 bits per heavy atom. The van der Waals surface area contributed by atoms with Crippen LogP contribution in [0.2, 0.25) is 0 Å². The lowest BCUT2D eigenvalue weighted by atomic mass is 10.2. The number of furan rings is 1. The normalized spacial score (nSPS) is 15.0. The number of nitrogens with one attached hydrogen (secondary N) is 1. The van der Waals surface area contributed by atoms with Crippen LogP contribution >= 0.6 is 0 Å². The van der Waals surface area contributed by atoms with Crippen molar-refractivity contribution in [3.63, 3.8) is 0 Å². The molecule has 1 N–H and O–H groups in total. The number of benzene rings is 2. The molecule has 0 bridgehead atoms. The summed E-state index contributed by atoms with van der Waals surface area (Å²) in [6, 6.07) is 10.2. The van der Waals surface area contributed by atoms with Gasteiger partial charge in [-0.2, -0.15) is 0 Å². The zero-order chi connectivity index (χ0) is 22.9. The molecule has 32 heavy (non-hydrogen) atoms. The SMILES string of the molecule is O=C(c1oc2ccccc2c1NS(=O)(=O)c1ccc(OC(F)(F)F)cc1)N1CCOCC1. The molecule has 0 aliphatic carbocycles. The van der Waals surface area contributed by atoms with Gasteiger partial charge in [-0.25, -0.2) is 8.42 Å². The third kappa shape index (κ3) is 4.65. The van der Waals surface area contributed by atoms with E-state index in [2.05, 4.69) is 9.46 Å². The fraction of sp³-hybridized carbons (Fsp3) is 0.250. The number of anilines is 1. The highest BCUT2D eigenvalue weighted by Crippen LogP contribution is 2.34. The molecule has 3 aromatic rings. The van der Waals surface area contributed by atoms with E-state index < -0.39 is 28.0 Å². The predicted molar refractivity (Wildman–Crippen MR) is 107 cm³/mol. The molecule has 0 spiro atoms. The second-order valence-corrected chi connectivity index (χ2v) is 8.51. The summed E-state index contributed by atoms with van der Waals surface area (Å²) in [5.41, 5.74) is 0.253. The Morgan fingerprint density at radius 2 is 1.69 bits per heavy atom. The third-order valence-electron chi connectivity index (χ3n) is 4.69. The van der Waals surface area contributed by atoms with Gasteiger partial charge in [0, 0.05) is 18.5 Å². The number of rotatable bonds is 5. The van der Waals surface area contributed by atoms with Crippen LogP contribution in [0, 0.1) is 0 Å². The minimum Gasteiger partial charge on any atom is -0.449 e. The fourth-order valence-corrected chi connectivity index (χ4v) is 4.30. The van der Waals surface area contributed by atoms with E-state index in [-0.39, 0.29) is 16.3 Å². The molecule has 4 rings (SSSR count). The molecule has 1 fully saturated rings. The fourth-order valence-electron chi connectivity index (χ4n) is 3.22. The number of nitrogens with zero attached hydrogens (tertiary/aromatic N) is 1. The van der Waals surface area contributed by atoms with Gasteiger partial charge < -0.3 is 18.8 Å². The van der Waals surface area contributed by atoms with Crippen molar-refractivity contribution in [3.8, 4) is 5.75 Å². The minimum atomic E-state index is -4.90. The average molecular weight is 470 g/mol. The maximum atomic E-state index is 13.0. The van der Waals surface area contributed by atoms with Gasteiger partial charge in [0.25, 0.3) is 15.9 Å². The summed E-state index contributed by atoms with van der Waals surface area (Å²) in [6.45, 7) is 1.34. The van der Waals surface area contributed by atoms with Gasteiger partial charge in [-0.1, -0.05) is 12.1 Å². The van der Waals surface area contributed by atoms with E-state index in [4.69, 9.17) is 9.15 Å². The number of carbonyl (C=O) groups is 1. The van der Waals surface area contributed by atoms with Crippen molar-refractivity contribution in [1.82, 2.24) is 4.90 Å². The highest BCUT2D eigenvalue weighted by Gasteiger charge is 2.32. The third-order valence-corrected chi connectivity index (χ3v) is 6.06. The Labute approximate surface area is 180 Å². The molecule has 1 amide bonds. The molecule has 8 nitrogen and oxygen atoms in total. The topological polar surface area (TPSA) is 98.1 Å². The monoisotopic (exact) mass is 470 g/mol. The molecule has 0 unspecified atom stereocenters. The predicted octanol–water partition coefficient (Wildman–Crippen LogP) is 3.60. The van der Waals surface area contributed by atoms with Crippen LogP contribution in [0.3, 0.4) is 0 Å². The molecule has 1 aromatic heterocycles. The lowest BCUT2D eigenvalue weighted by Gasteiger charge is -2.26. The van der Waals surface area contributed by atoms with Crippen LogP contribution in [-0.2, 0) is 14.8 Å². The van der Waals surface area contributed by atoms with Crippen LogP contribution in [0.4, 0.5) is 18.9 Å². The first-order chi connectivity index (χ1) is 15.1. The standard InChI is InChI=1S/C20H17F3N2O6S/c21-20(22,23)31-13-5-7-14(8-6-13)32(27,28)24-17-15-3-1-2-4-16(15)30-18(17)19(26)25-9-11-29-12-10-25/h1-8,24H,9-12H2. The molecule has 0 radical (unpaired) electrons.